The lowest BCUT2D eigenvalue weighted by Gasteiger charge is -2.23. The summed E-state index contributed by atoms with van der Waals surface area (Å²) >= 11 is 0. The van der Waals surface area contributed by atoms with Crippen molar-refractivity contribution in [1.82, 2.24) is 9.55 Å². The van der Waals surface area contributed by atoms with Crippen LogP contribution in [0.5, 0.6) is 0 Å². The van der Waals surface area contributed by atoms with E-state index in [9.17, 15) is 0 Å². The van der Waals surface area contributed by atoms with Crippen LogP contribution >= 0.6 is 0 Å². The zero-order valence-corrected chi connectivity index (χ0v) is 13.0. The summed E-state index contributed by atoms with van der Waals surface area (Å²) in [5, 5.41) is 2.86. The second-order valence-electron chi connectivity index (χ2n) is 7.00. The minimum atomic E-state index is 0.670. The monoisotopic (exact) mass is 290 g/mol. The van der Waals surface area contributed by atoms with E-state index in [4.69, 9.17) is 4.98 Å². The van der Waals surface area contributed by atoms with Crippen molar-refractivity contribution in [2.75, 3.05) is 0 Å². The zero-order chi connectivity index (χ0) is 14.5. The topological polar surface area (TPSA) is 17.8 Å². The van der Waals surface area contributed by atoms with Crippen LogP contribution in [0.3, 0.4) is 0 Å². The molecule has 0 spiro atoms. The van der Waals surface area contributed by atoms with Crippen molar-refractivity contribution >= 4 is 21.8 Å². The molecule has 3 heterocycles. The molecule has 0 unspecified atom stereocenters. The molecule has 0 atom stereocenters. The van der Waals surface area contributed by atoms with Crippen LogP contribution in [0.1, 0.15) is 55.7 Å². The van der Waals surface area contributed by atoms with E-state index in [-0.39, 0.29) is 0 Å². The van der Waals surface area contributed by atoms with Gasteiger partial charge in [-0.25, -0.2) is 0 Å². The van der Waals surface area contributed by atoms with Crippen molar-refractivity contribution in [3.05, 3.63) is 41.7 Å². The van der Waals surface area contributed by atoms with Crippen LogP contribution in [-0.4, -0.2) is 9.55 Å². The molecule has 1 saturated carbocycles. The Morgan fingerprint density at radius 3 is 2.68 bits per heavy atom. The lowest BCUT2D eigenvalue weighted by atomic mass is 9.86. The Morgan fingerprint density at radius 1 is 0.909 bits per heavy atom. The Balaban J connectivity index is 1.86. The average molecular weight is 290 g/mol. The maximum atomic E-state index is 4.87. The maximum Gasteiger partial charge on any atom is 0.0713 e. The van der Waals surface area contributed by atoms with Gasteiger partial charge >= 0.3 is 0 Å². The summed E-state index contributed by atoms with van der Waals surface area (Å²) in [6, 6.07) is 9.07. The van der Waals surface area contributed by atoms with E-state index in [0.717, 1.165) is 6.54 Å². The van der Waals surface area contributed by atoms with Crippen LogP contribution in [0.4, 0.5) is 0 Å². The quantitative estimate of drug-likeness (QED) is 0.603. The summed E-state index contributed by atoms with van der Waals surface area (Å²) in [4.78, 5) is 4.87. The molecule has 3 aromatic rings. The van der Waals surface area contributed by atoms with Crippen molar-refractivity contribution in [2.45, 2.75) is 57.4 Å². The minimum Gasteiger partial charge on any atom is -0.339 e. The fraction of sp³-hybridized carbons (Fsp3) is 0.450. The zero-order valence-electron chi connectivity index (χ0n) is 13.0. The smallest absolute Gasteiger partial charge is 0.0713 e. The molecular weight excluding hydrogens is 268 g/mol. The number of benzene rings is 1. The highest BCUT2D eigenvalue weighted by atomic mass is 15.0. The Bertz CT molecular complexity index is 853. The van der Waals surface area contributed by atoms with Gasteiger partial charge in [0.05, 0.1) is 16.7 Å². The lowest BCUT2D eigenvalue weighted by molar-refractivity contribution is 0.437. The third-order valence-corrected chi connectivity index (χ3v) is 5.72. The highest BCUT2D eigenvalue weighted by Crippen LogP contribution is 2.40. The predicted molar refractivity (Wildman–Crippen MR) is 91.4 cm³/mol. The molecule has 1 aliphatic heterocycles. The van der Waals surface area contributed by atoms with Crippen molar-refractivity contribution in [1.29, 1.82) is 0 Å². The van der Waals surface area contributed by atoms with E-state index in [1.165, 1.54) is 78.0 Å². The minimum absolute atomic E-state index is 0.670. The molecule has 0 N–H and O–H groups in total. The third kappa shape index (κ3) is 1.70. The summed E-state index contributed by atoms with van der Waals surface area (Å²) in [5.74, 6) is 0.670. The van der Waals surface area contributed by atoms with Crippen LogP contribution in [0.15, 0.2) is 30.5 Å². The molecule has 1 fully saturated rings. The van der Waals surface area contributed by atoms with Gasteiger partial charge in [-0.1, -0.05) is 37.5 Å². The van der Waals surface area contributed by atoms with Gasteiger partial charge in [0.15, 0.2) is 0 Å². The normalized spacial score (nSPS) is 19.1. The van der Waals surface area contributed by atoms with Crippen LogP contribution in [0, 0.1) is 0 Å². The number of hydrogen-bond donors (Lipinski definition) is 0. The van der Waals surface area contributed by atoms with E-state index in [0.29, 0.717) is 5.92 Å². The summed E-state index contributed by atoms with van der Waals surface area (Å²) in [7, 11) is 0. The Hall–Kier alpha value is -1.83. The molecule has 5 rings (SSSR count). The summed E-state index contributed by atoms with van der Waals surface area (Å²) in [6.07, 6.45) is 11.3. The molecule has 0 amide bonds. The second kappa shape index (κ2) is 4.84. The second-order valence-corrected chi connectivity index (χ2v) is 7.00. The number of aromatic nitrogens is 2. The van der Waals surface area contributed by atoms with Gasteiger partial charge < -0.3 is 4.57 Å². The maximum absolute atomic E-state index is 4.87. The molecule has 2 nitrogen and oxygen atoms in total. The fourth-order valence-electron chi connectivity index (χ4n) is 4.74. The van der Waals surface area contributed by atoms with E-state index in [2.05, 4.69) is 28.8 Å². The summed E-state index contributed by atoms with van der Waals surface area (Å²) in [5.41, 5.74) is 5.82. The van der Waals surface area contributed by atoms with Gasteiger partial charge in [0.2, 0.25) is 0 Å². The number of nitrogens with zero attached hydrogens (tertiary/aromatic N) is 2. The summed E-state index contributed by atoms with van der Waals surface area (Å²) in [6.45, 7) is 1.16. The molecule has 1 aliphatic carbocycles. The first-order valence-corrected chi connectivity index (χ1v) is 8.82. The third-order valence-electron chi connectivity index (χ3n) is 5.72. The number of fused-ring (bicyclic) bond motifs is 3. The molecule has 2 heteroatoms. The lowest BCUT2D eigenvalue weighted by Crippen LogP contribution is -2.11. The van der Waals surface area contributed by atoms with E-state index >= 15 is 0 Å². The number of hydrogen-bond acceptors (Lipinski definition) is 1. The Morgan fingerprint density at radius 2 is 1.77 bits per heavy atom. The van der Waals surface area contributed by atoms with E-state index < -0.39 is 0 Å². The molecule has 0 saturated heterocycles. The van der Waals surface area contributed by atoms with Gasteiger partial charge in [-0.3, -0.25) is 4.98 Å². The van der Waals surface area contributed by atoms with E-state index in [1.54, 1.807) is 0 Å². The molecule has 0 radical (unpaired) electrons. The molecule has 112 valence electrons. The van der Waals surface area contributed by atoms with Gasteiger partial charge in [0.1, 0.15) is 0 Å². The number of para-hydroxylation sites is 1. The molecule has 22 heavy (non-hydrogen) atoms. The van der Waals surface area contributed by atoms with Gasteiger partial charge in [0.25, 0.3) is 0 Å². The average Bonchev–Trinajstić information content (AvgIpc) is 2.93. The van der Waals surface area contributed by atoms with Crippen molar-refractivity contribution in [3.8, 4) is 0 Å². The van der Waals surface area contributed by atoms with Crippen molar-refractivity contribution in [3.63, 3.8) is 0 Å². The van der Waals surface area contributed by atoms with Crippen LogP contribution in [-0.2, 0) is 13.0 Å². The molecular formula is C20H22N2. The highest BCUT2D eigenvalue weighted by Gasteiger charge is 2.24. The van der Waals surface area contributed by atoms with Crippen LogP contribution in [0.25, 0.3) is 21.8 Å². The highest BCUT2D eigenvalue weighted by molar-refractivity contribution is 6.10. The predicted octanol–water partition coefficient (Wildman–Crippen LogP) is 5.18. The first-order valence-electron chi connectivity index (χ1n) is 8.82. The van der Waals surface area contributed by atoms with Gasteiger partial charge in [0, 0.05) is 29.4 Å². The summed E-state index contributed by atoms with van der Waals surface area (Å²) < 4.78 is 2.58. The van der Waals surface area contributed by atoms with Crippen LogP contribution in [0.2, 0.25) is 0 Å². The van der Waals surface area contributed by atoms with Gasteiger partial charge in [-0.2, -0.15) is 0 Å². The van der Waals surface area contributed by atoms with E-state index in [1.807, 2.05) is 6.20 Å². The van der Waals surface area contributed by atoms with Gasteiger partial charge in [-0.15, -0.1) is 0 Å². The number of pyridine rings is 1. The van der Waals surface area contributed by atoms with Gasteiger partial charge in [-0.05, 0) is 37.3 Å². The molecule has 2 aromatic heterocycles. The first-order chi connectivity index (χ1) is 10.9. The van der Waals surface area contributed by atoms with Crippen LogP contribution < -0.4 is 0 Å². The molecule has 0 bridgehead atoms. The Labute approximate surface area is 131 Å². The largest absolute Gasteiger partial charge is 0.339 e. The standard InChI is InChI=1S/C20H22N2/c1-2-6-14(7-3-1)18-20-17(11-12-21-18)16-10-4-8-15-9-5-13-22(20)19(15)16/h4,8,10-12,14H,1-3,5-7,9,13H2. The SMILES string of the molecule is c1cc2c3c(c1)c1ccnc(C4CCCCC4)c1n3CCC2. The Kier molecular flexibility index (Phi) is 2.79. The number of aryl methyl sites for hydroxylation is 2. The fourth-order valence-corrected chi connectivity index (χ4v) is 4.74. The first kappa shape index (κ1) is 12.7. The van der Waals surface area contributed by atoms with Crippen molar-refractivity contribution in [2.24, 2.45) is 0 Å². The number of rotatable bonds is 1. The molecule has 2 aliphatic rings. The van der Waals surface area contributed by atoms with Crippen molar-refractivity contribution < 1.29 is 0 Å². The molecule has 1 aromatic carbocycles.